The van der Waals surface area contributed by atoms with Crippen molar-refractivity contribution in [2.45, 2.75) is 25.3 Å². The number of furan rings is 1. The summed E-state index contributed by atoms with van der Waals surface area (Å²) in [6, 6.07) is 11.0. The van der Waals surface area contributed by atoms with Crippen molar-refractivity contribution >= 4 is 17.5 Å². The highest BCUT2D eigenvalue weighted by Gasteiger charge is 2.25. The van der Waals surface area contributed by atoms with E-state index in [4.69, 9.17) is 16.0 Å². The Morgan fingerprint density at radius 3 is 2.65 bits per heavy atom. The third-order valence-electron chi connectivity index (χ3n) is 4.28. The molecule has 2 aromatic rings. The summed E-state index contributed by atoms with van der Waals surface area (Å²) in [7, 11) is 0. The fourth-order valence-electron chi connectivity index (χ4n) is 3.05. The quantitative estimate of drug-likeness (QED) is 0.903. The van der Waals surface area contributed by atoms with Crippen molar-refractivity contribution in [1.82, 2.24) is 10.2 Å². The zero-order valence-corrected chi connectivity index (χ0v) is 13.8. The van der Waals surface area contributed by atoms with Crippen molar-refractivity contribution in [1.29, 1.82) is 0 Å². The van der Waals surface area contributed by atoms with E-state index in [-0.39, 0.29) is 11.9 Å². The number of piperidine rings is 1. The molecule has 122 valence electrons. The highest BCUT2D eigenvalue weighted by Crippen LogP contribution is 2.25. The minimum absolute atomic E-state index is 0.0664. The van der Waals surface area contributed by atoms with Crippen LogP contribution in [0.4, 0.5) is 0 Å². The first-order valence-corrected chi connectivity index (χ1v) is 8.43. The van der Waals surface area contributed by atoms with Gasteiger partial charge in [0.15, 0.2) is 0 Å². The Hall–Kier alpha value is -1.78. The number of rotatable bonds is 5. The van der Waals surface area contributed by atoms with Crippen LogP contribution in [0.5, 0.6) is 0 Å². The lowest BCUT2D eigenvalue weighted by molar-refractivity contribution is 0.0914. The lowest BCUT2D eigenvalue weighted by Crippen LogP contribution is -2.40. The molecule has 0 saturated carbocycles. The van der Waals surface area contributed by atoms with Crippen molar-refractivity contribution in [2.75, 3.05) is 19.6 Å². The van der Waals surface area contributed by atoms with Gasteiger partial charge in [0.2, 0.25) is 0 Å². The maximum Gasteiger partial charge on any atom is 0.252 e. The summed E-state index contributed by atoms with van der Waals surface area (Å²) in [5.41, 5.74) is 0.506. The first kappa shape index (κ1) is 16.1. The van der Waals surface area contributed by atoms with Gasteiger partial charge in [0.25, 0.3) is 5.91 Å². The standard InChI is InChI=1S/C18H21ClN2O2/c19-15-8-3-2-7-14(15)18(22)20-13-16(17-9-6-12-23-17)21-10-4-1-5-11-21/h2-3,6-9,12,16H,1,4-5,10-11,13H2,(H,20,22)/t16-/m1/s1. The van der Waals surface area contributed by atoms with Crippen LogP contribution in [0, 0.1) is 0 Å². The number of amides is 1. The Kier molecular flexibility index (Phi) is 5.36. The van der Waals surface area contributed by atoms with E-state index in [0.29, 0.717) is 17.1 Å². The summed E-state index contributed by atoms with van der Waals surface area (Å²) in [5.74, 6) is 0.746. The van der Waals surface area contributed by atoms with Crippen LogP contribution in [0.3, 0.4) is 0 Å². The molecule has 0 unspecified atom stereocenters. The summed E-state index contributed by atoms with van der Waals surface area (Å²) in [6.45, 7) is 2.58. The molecule has 1 saturated heterocycles. The highest BCUT2D eigenvalue weighted by molar-refractivity contribution is 6.33. The van der Waals surface area contributed by atoms with E-state index < -0.39 is 0 Å². The first-order valence-electron chi connectivity index (χ1n) is 8.06. The van der Waals surface area contributed by atoms with E-state index in [1.807, 2.05) is 24.3 Å². The highest BCUT2D eigenvalue weighted by atomic mass is 35.5. The van der Waals surface area contributed by atoms with Crippen LogP contribution in [0.25, 0.3) is 0 Å². The Labute approximate surface area is 141 Å². The van der Waals surface area contributed by atoms with Gasteiger partial charge in [-0.2, -0.15) is 0 Å². The predicted molar refractivity (Wildman–Crippen MR) is 90.7 cm³/mol. The second kappa shape index (κ2) is 7.66. The Balaban J connectivity index is 1.69. The van der Waals surface area contributed by atoms with Crippen LogP contribution < -0.4 is 5.32 Å². The molecule has 23 heavy (non-hydrogen) atoms. The number of hydrogen-bond acceptors (Lipinski definition) is 3. The fraction of sp³-hybridized carbons (Fsp3) is 0.389. The molecule has 1 amide bonds. The Bertz CT molecular complexity index is 636. The zero-order valence-electron chi connectivity index (χ0n) is 13.0. The SMILES string of the molecule is O=C(NC[C@H](c1ccco1)N1CCCCC1)c1ccccc1Cl. The van der Waals surface area contributed by atoms with E-state index in [1.165, 1.54) is 19.3 Å². The molecule has 1 atom stereocenters. The fourth-order valence-corrected chi connectivity index (χ4v) is 3.27. The molecular weight excluding hydrogens is 312 g/mol. The number of carbonyl (C=O) groups excluding carboxylic acids is 1. The molecule has 0 bridgehead atoms. The van der Waals surface area contributed by atoms with Crippen molar-refractivity contribution in [2.24, 2.45) is 0 Å². The molecule has 1 aromatic heterocycles. The third-order valence-corrected chi connectivity index (χ3v) is 4.61. The van der Waals surface area contributed by atoms with Crippen LogP contribution in [0.1, 0.15) is 41.4 Å². The topological polar surface area (TPSA) is 45.5 Å². The van der Waals surface area contributed by atoms with E-state index in [9.17, 15) is 4.79 Å². The summed E-state index contributed by atoms with van der Waals surface area (Å²) in [4.78, 5) is 14.8. The monoisotopic (exact) mass is 332 g/mol. The van der Waals surface area contributed by atoms with Crippen molar-refractivity contribution in [3.05, 3.63) is 59.0 Å². The van der Waals surface area contributed by atoms with Gasteiger partial charge in [-0.05, 0) is 50.2 Å². The third kappa shape index (κ3) is 3.95. The van der Waals surface area contributed by atoms with Crippen LogP contribution in [-0.2, 0) is 0 Å². The van der Waals surface area contributed by atoms with Crippen LogP contribution in [0.2, 0.25) is 5.02 Å². The minimum Gasteiger partial charge on any atom is -0.468 e. The summed E-state index contributed by atoms with van der Waals surface area (Å²) in [5, 5.41) is 3.47. The maximum atomic E-state index is 12.4. The number of carbonyl (C=O) groups is 1. The number of likely N-dealkylation sites (tertiary alicyclic amines) is 1. The normalized spacial score (nSPS) is 16.9. The van der Waals surface area contributed by atoms with Gasteiger partial charge >= 0.3 is 0 Å². The van der Waals surface area contributed by atoms with Crippen LogP contribution in [-0.4, -0.2) is 30.4 Å². The molecule has 1 fully saturated rings. The molecule has 3 rings (SSSR count). The molecule has 0 aliphatic carbocycles. The molecule has 0 spiro atoms. The van der Waals surface area contributed by atoms with E-state index >= 15 is 0 Å². The van der Waals surface area contributed by atoms with Crippen molar-refractivity contribution in [3.8, 4) is 0 Å². The van der Waals surface area contributed by atoms with Crippen molar-refractivity contribution < 1.29 is 9.21 Å². The average Bonchev–Trinajstić information content (AvgIpc) is 3.10. The minimum atomic E-state index is -0.149. The number of nitrogens with one attached hydrogen (secondary N) is 1. The summed E-state index contributed by atoms with van der Waals surface area (Å²) in [6.07, 6.45) is 5.33. The van der Waals surface area contributed by atoms with Gasteiger partial charge in [0.05, 0.1) is 22.9 Å². The molecule has 0 radical (unpaired) electrons. The van der Waals surface area contributed by atoms with Gasteiger partial charge in [-0.1, -0.05) is 30.2 Å². The predicted octanol–water partition coefficient (Wildman–Crippen LogP) is 3.89. The molecule has 2 heterocycles. The average molecular weight is 333 g/mol. The number of nitrogens with zero attached hydrogens (tertiary/aromatic N) is 1. The molecule has 1 aliphatic rings. The second-order valence-electron chi connectivity index (χ2n) is 5.82. The molecule has 1 aromatic carbocycles. The summed E-state index contributed by atoms with van der Waals surface area (Å²) >= 11 is 6.09. The second-order valence-corrected chi connectivity index (χ2v) is 6.22. The van der Waals surface area contributed by atoms with E-state index in [2.05, 4.69) is 10.2 Å². The molecule has 4 nitrogen and oxygen atoms in total. The van der Waals surface area contributed by atoms with Gasteiger partial charge < -0.3 is 9.73 Å². The number of benzene rings is 1. The maximum absolute atomic E-state index is 12.4. The first-order chi connectivity index (χ1) is 11.3. The van der Waals surface area contributed by atoms with Gasteiger partial charge in [-0.3, -0.25) is 9.69 Å². The molecule has 1 aliphatic heterocycles. The smallest absolute Gasteiger partial charge is 0.252 e. The summed E-state index contributed by atoms with van der Waals surface area (Å²) < 4.78 is 5.59. The van der Waals surface area contributed by atoms with Gasteiger partial charge in [0, 0.05) is 6.54 Å². The molecular formula is C18H21ClN2O2. The Morgan fingerprint density at radius 1 is 1.17 bits per heavy atom. The van der Waals surface area contributed by atoms with Gasteiger partial charge in [-0.25, -0.2) is 0 Å². The largest absolute Gasteiger partial charge is 0.468 e. The zero-order chi connectivity index (χ0) is 16.1. The molecule has 5 heteroatoms. The van der Waals surface area contributed by atoms with E-state index in [0.717, 1.165) is 18.8 Å². The lowest BCUT2D eigenvalue weighted by Gasteiger charge is -2.33. The van der Waals surface area contributed by atoms with Gasteiger partial charge in [0.1, 0.15) is 5.76 Å². The van der Waals surface area contributed by atoms with Crippen LogP contribution in [0.15, 0.2) is 47.1 Å². The van der Waals surface area contributed by atoms with E-state index in [1.54, 1.807) is 18.4 Å². The molecule has 1 N–H and O–H groups in total. The lowest BCUT2D eigenvalue weighted by atomic mass is 10.1. The Morgan fingerprint density at radius 2 is 1.96 bits per heavy atom. The number of halogens is 1. The van der Waals surface area contributed by atoms with Crippen LogP contribution >= 0.6 is 11.6 Å². The number of hydrogen-bond donors (Lipinski definition) is 1. The van der Waals surface area contributed by atoms with Gasteiger partial charge in [-0.15, -0.1) is 0 Å². The van der Waals surface area contributed by atoms with Crippen molar-refractivity contribution in [3.63, 3.8) is 0 Å².